The van der Waals surface area contributed by atoms with Crippen molar-refractivity contribution in [2.75, 3.05) is 25.2 Å². The number of rotatable bonds is 8. The number of alkyl halides is 1. The number of hydrogen-bond acceptors (Lipinski definition) is 2. The molecule has 2 nitrogen and oxygen atoms in total. The lowest BCUT2D eigenvalue weighted by atomic mass is 9.80. The van der Waals surface area contributed by atoms with Gasteiger partial charge in [-0.05, 0) is 25.2 Å². The van der Waals surface area contributed by atoms with Crippen LogP contribution in [0.3, 0.4) is 0 Å². The maximum Gasteiger partial charge on any atom is 0.0782 e. The van der Waals surface area contributed by atoms with E-state index in [2.05, 4.69) is 29.8 Å². The second-order valence-corrected chi connectivity index (χ2v) is 5.89. The molecule has 0 aromatic rings. The van der Waals surface area contributed by atoms with Crippen LogP contribution in [-0.4, -0.2) is 30.8 Å². The van der Waals surface area contributed by atoms with Crippen molar-refractivity contribution in [3.63, 3.8) is 0 Å². The Bertz CT molecular complexity index is 199. The molecule has 0 N–H and O–H groups in total. The Morgan fingerprint density at radius 3 is 2.76 bits per heavy atom. The van der Waals surface area contributed by atoms with Gasteiger partial charge in [0.15, 0.2) is 0 Å². The van der Waals surface area contributed by atoms with Gasteiger partial charge in [-0.3, -0.25) is 0 Å². The summed E-state index contributed by atoms with van der Waals surface area (Å²) in [6.45, 7) is 6.86. The standard InChI is InChI=1S/C14H27BrO2/c1-3-4-8-16-9-10-17-14(12-15)7-5-6-13(2)11-14/h13H,3-12H2,1-2H3. The molecule has 1 rings (SSSR count). The van der Waals surface area contributed by atoms with Gasteiger partial charge in [0.1, 0.15) is 0 Å². The molecule has 0 aromatic carbocycles. The van der Waals surface area contributed by atoms with Gasteiger partial charge < -0.3 is 9.47 Å². The zero-order chi connectivity index (χ0) is 12.6. The zero-order valence-electron chi connectivity index (χ0n) is 11.3. The average molecular weight is 307 g/mol. The summed E-state index contributed by atoms with van der Waals surface area (Å²) in [7, 11) is 0. The van der Waals surface area contributed by atoms with Crippen molar-refractivity contribution in [1.82, 2.24) is 0 Å². The Balaban J connectivity index is 2.17. The van der Waals surface area contributed by atoms with E-state index in [1.807, 2.05) is 0 Å². The molecule has 3 heteroatoms. The van der Waals surface area contributed by atoms with Gasteiger partial charge in [-0.15, -0.1) is 0 Å². The van der Waals surface area contributed by atoms with E-state index in [1.54, 1.807) is 0 Å². The van der Waals surface area contributed by atoms with Gasteiger partial charge in [-0.2, -0.15) is 0 Å². The third kappa shape index (κ3) is 5.71. The van der Waals surface area contributed by atoms with Crippen LogP contribution in [0.4, 0.5) is 0 Å². The smallest absolute Gasteiger partial charge is 0.0782 e. The largest absolute Gasteiger partial charge is 0.379 e. The summed E-state index contributed by atoms with van der Waals surface area (Å²) in [5.41, 5.74) is 0.0752. The SMILES string of the molecule is CCCCOCCOC1(CBr)CCCC(C)C1. The van der Waals surface area contributed by atoms with E-state index < -0.39 is 0 Å². The van der Waals surface area contributed by atoms with Crippen LogP contribution in [-0.2, 0) is 9.47 Å². The fourth-order valence-corrected chi connectivity index (χ4v) is 3.24. The summed E-state index contributed by atoms with van der Waals surface area (Å²) in [5.74, 6) is 0.794. The number of ether oxygens (including phenoxy) is 2. The highest BCUT2D eigenvalue weighted by molar-refractivity contribution is 9.09. The third-order valence-electron chi connectivity index (χ3n) is 3.57. The molecule has 2 atom stereocenters. The van der Waals surface area contributed by atoms with Gasteiger partial charge in [0.2, 0.25) is 0 Å². The van der Waals surface area contributed by atoms with Crippen LogP contribution in [0.1, 0.15) is 52.4 Å². The van der Waals surface area contributed by atoms with Gasteiger partial charge in [0, 0.05) is 11.9 Å². The second kappa shape index (κ2) is 8.49. The molecule has 1 aliphatic rings. The van der Waals surface area contributed by atoms with E-state index in [-0.39, 0.29) is 5.60 Å². The maximum absolute atomic E-state index is 6.10. The van der Waals surface area contributed by atoms with Crippen LogP contribution in [0.5, 0.6) is 0 Å². The highest BCUT2D eigenvalue weighted by Crippen LogP contribution is 2.36. The van der Waals surface area contributed by atoms with E-state index >= 15 is 0 Å². The van der Waals surface area contributed by atoms with Gasteiger partial charge in [-0.25, -0.2) is 0 Å². The summed E-state index contributed by atoms with van der Waals surface area (Å²) in [6, 6.07) is 0. The predicted octanol–water partition coefficient (Wildman–Crippen LogP) is 4.16. The van der Waals surface area contributed by atoms with E-state index in [9.17, 15) is 0 Å². The summed E-state index contributed by atoms with van der Waals surface area (Å²) in [6.07, 6.45) is 7.38. The first-order chi connectivity index (χ1) is 8.22. The molecule has 0 amide bonds. The third-order valence-corrected chi connectivity index (χ3v) is 4.59. The highest BCUT2D eigenvalue weighted by Gasteiger charge is 2.34. The van der Waals surface area contributed by atoms with Gasteiger partial charge >= 0.3 is 0 Å². The topological polar surface area (TPSA) is 18.5 Å². The second-order valence-electron chi connectivity index (χ2n) is 5.33. The Morgan fingerprint density at radius 1 is 1.29 bits per heavy atom. The predicted molar refractivity (Wildman–Crippen MR) is 75.8 cm³/mol. The van der Waals surface area contributed by atoms with Crippen molar-refractivity contribution in [2.24, 2.45) is 5.92 Å². The molecule has 0 aliphatic heterocycles. The molecule has 0 bridgehead atoms. The Morgan fingerprint density at radius 2 is 2.12 bits per heavy atom. The fourth-order valence-electron chi connectivity index (χ4n) is 2.57. The van der Waals surface area contributed by atoms with Crippen LogP contribution in [0.15, 0.2) is 0 Å². The van der Waals surface area contributed by atoms with Crippen molar-refractivity contribution in [3.05, 3.63) is 0 Å². The molecule has 17 heavy (non-hydrogen) atoms. The minimum atomic E-state index is 0.0752. The minimum absolute atomic E-state index is 0.0752. The number of halogens is 1. The van der Waals surface area contributed by atoms with Crippen molar-refractivity contribution in [1.29, 1.82) is 0 Å². The molecule has 1 fully saturated rings. The van der Waals surface area contributed by atoms with Crippen LogP contribution < -0.4 is 0 Å². The average Bonchev–Trinajstić information content (AvgIpc) is 2.34. The van der Waals surface area contributed by atoms with E-state index in [0.29, 0.717) is 0 Å². The molecular formula is C14H27BrO2. The molecule has 1 aliphatic carbocycles. The molecule has 0 radical (unpaired) electrons. The van der Waals surface area contributed by atoms with Crippen molar-refractivity contribution in [3.8, 4) is 0 Å². The minimum Gasteiger partial charge on any atom is -0.379 e. The van der Waals surface area contributed by atoms with E-state index in [4.69, 9.17) is 9.47 Å². The van der Waals surface area contributed by atoms with Crippen LogP contribution >= 0.6 is 15.9 Å². The lowest BCUT2D eigenvalue weighted by molar-refractivity contribution is -0.0813. The number of hydrogen-bond donors (Lipinski definition) is 0. The molecule has 0 spiro atoms. The van der Waals surface area contributed by atoms with E-state index in [0.717, 1.165) is 37.5 Å². The molecule has 2 unspecified atom stereocenters. The maximum atomic E-state index is 6.10. The fraction of sp³-hybridized carbons (Fsp3) is 1.00. The summed E-state index contributed by atoms with van der Waals surface area (Å²) < 4.78 is 11.6. The lowest BCUT2D eigenvalue weighted by Gasteiger charge is -2.38. The quantitative estimate of drug-likeness (QED) is 0.495. The first-order valence-electron chi connectivity index (χ1n) is 7.00. The molecule has 102 valence electrons. The van der Waals surface area contributed by atoms with Crippen LogP contribution in [0.2, 0.25) is 0 Å². The molecule has 0 aromatic heterocycles. The normalized spacial score (nSPS) is 29.5. The van der Waals surface area contributed by atoms with Gasteiger partial charge in [0.05, 0.1) is 18.8 Å². The zero-order valence-corrected chi connectivity index (χ0v) is 12.9. The van der Waals surface area contributed by atoms with Crippen molar-refractivity contribution in [2.45, 2.75) is 58.0 Å². The first-order valence-corrected chi connectivity index (χ1v) is 8.12. The van der Waals surface area contributed by atoms with Gasteiger partial charge in [0.25, 0.3) is 0 Å². The summed E-state index contributed by atoms with van der Waals surface area (Å²) >= 11 is 3.62. The van der Waals surface area contributed by atoms with Crippen LogP contribution in [0, 0.1) is 5.92 Å². The van der Waals surface area contributed by atoms with Crippen LogP contribution in [0.25, 0.3) is 0 Å². The first kappa shape index (κ1) is 15.5. The van der Waals surface area contributed by atoms with Gasteiger partial charge in [-0.1, -0.05) is 49.0 Å². The molecule has 0 heterocycles. The highest BCUT2D eigenvalue weighted by atomic mass is 79.9. The van der Waals surface area contributed by atoms with Crippen molar-refractivity contribution < 1.29 is 9.47 Å². The molecular weight excluding hydrogens is 280 g/mol. The molecule has 1 saturated carbocycles. The Hall–Kier alpha value is 0.400. The molecule has 0 saturated heterocycles. The van der Waals surface area contributed by atoms with E-state index in [1.165, 1.54) is 32.1 Å². The Kier molecular flexibility index (Phi) is 7.72. The number of unbranched alkanes of at least 4 members (excludes halogenated alkanes) is 1. The monoisotopic (exact) mass is 306 g/mol. The Labute approximate surface area is 115 Å². The summed E-state index contributed by atoms with van der Waals surface area (Å²) in [5, 5.41) is 0.958. The van der Waals surface area contributed by atoms with Crippen molar-refractivity contribution >= 4 is 15.9 Å². The lowest BCUT2D eigenvalue weighted by Crippen LogP contribution is -2.40. The summed E-state index contributed by atoms with van der Waals surface area (Å²) in [4.78, 5) is 0.